The molecule has 2 aromatic heterocycles. The molecule has 4 nitrogen and oxygen atoms in total. The normalized spacial score (nSPS) is 20.6. The second-order valence-electron chi connectivity index (χ2n) is 7.50. The maximum Gasteiger partial charge on any atom is 0.148 e. The van der Waals surface area contributed by atoms with Gasteiger partial charge in [0.05, 0.1) is 18.2 Å². The van der Waals surface area contributed by atoms with Gasteiger partial charge < -0.3 is 9.67 Å². The van der Waals surface area contributed by atoms with Crippen LogP contribution in [0.25, 0.3) is 10.9 Å². The van der Waals surface area contributed by atoms with Gasteiger partial charge in [0, 0.05) is 53.1 Å². The van der Waals surface area contributed by atoms with E-state index in [-0.39, 0.29) is 5.82 Å². The Balaban J connectivity index is 1.68. The summed E-state index contributed by atoms with van der Waals surface area (Å²) in [6, 6.07) is 7.23. The molecule has 0 spiro atoms. The Labute approximate surface area is 162 Å². The summed E-state index contributed by atoms with van der Waals surface area (Å²) in [5, 5.41) is 12.1. The number of fused-ring (bicyclic) bond motifs is 5. The average Bonchev–Trinajstić information content (AvgIpc) is 3.25. The summed E-state index contributed by atoms with van der Waals surface area (Å²) in [6.45, 7) is 2.38. The molecule has 0 amide bonds. The van der Waals surface area contributed by atoms with E-state index < -0.39 is 6.10 Å². The Morgan fingerprint density at radius 2 is 2.22 bits per heavy atom. The highest BCUT2D eigenvalue weighted by Gasteiger charge is 2.36. The molecule has 2 atom stereocenters. The summed E-state index contributed by atoms with van der Waals surface area (Å²) in [7, 11) is 0. The molecule has 3 aromatic rings. The predicted octanol–water partition coefficient (Wildman–Crippen LogP) is 4.26. The Morgan fingerprint density at radius 3 is 3.04 bits per heavy atom. The summed E-state index contributed by atoms with van der Waals surface area (Å²) in [6.07, 6.45) is 5.71. The summed E-state index contributed by atoms with van der Waals surface area (Å²) >= 11 is 6.20. The van der Waals surface area contributed by atoms with Crippen LogP contribution in [0.2, 0.25) is 5.02 Å². The Bertz CT molecular complexity index is 1000. The summed E-state index contributed by atoms with van der Waals surface area (Å²) in [4.78, 5) is 6.58. The van der Waals surface area contributed by atoms with Crippen molar-refractivity contribution >= 4 is 22.5 Å². The molecule has 1 fully saturated rings. The van der Waals surface area contributed by atoms with Crippen molar-refractivity contribution in [1.29, 1.82) is 0 Å². The standard InChI is InChI=1S/C21H21ClFN3O/c22-14-9-15-20-17-4-2-7-25(17)8-5-18(20)26(21(15)16(23)10-14)12-19(27)13-3-1-6-24-11-13/h1,3,6,9-11,17,19,27H,2,4-5,7-8,12H2. The van der Waals surface area contributed by atoms with E-state index in [2.05, 4.69) is 9.88 Å². The first kappa shape index (κ1) is 17.2. The van der Waals surface area contributed by atoms with Gasteiger partial charge in [0.15, 0.2) is 0 Å². The van der Waals surface area contributed by atoms with Gasteiger partial charge in [-0.2, -0.15) is 0 Å². The molecule has 140 valence electrons. The first-order chi connectivity index (χ1) is 13.1. The van der Waals surface area contributed by atoms with E-state index in [1.807, 2.05) is 16.7 Å². The van der Waals surface area contributed by atoms with Crippen LogP contribution in [0, 0.1) is 5.82 Å². The highest BCUT2D eigenvalue weighted by molar-refractivity contribution is 6.31. The van der Waals surface area contributed by atoms with Crippen LogP contribution in [-0.2, 0) is 13.0 Å². The molecule has 0 radical (unpaired) electrons. The molecule has 6 heteroatoms. The maximum atomic E-state index is 15.0. The van der Waals surface area contributed by atoms with Crippen LogP contribution in [0.1, 0.15) is 41.8 Å². The van der Waals surface area contributed by atoms with Crippen molar-refractivity contribution in [3.63, 3.8) is 0 Å². The molecular formula is C21H21ClFN3O. The van der Waals surface area contributed by atoms with Gasteiger partial charge in [-0.3, -0.25) is 9.88 Å². The minimum atomic E-state index is -0.741. The van der Waals surface area contributed by atoms with E-state index in [0.717, 1.165) is 49.0 Å². The van der Waals surface area contributed by atoms with Crippen molar-refractivity contribution in [2.45, 2.75) is 38.0 Å². The van der Waals surface area contributed by atoms with Gasteiger partial charge in [-0.1, -0.05) is 17.7 Å². The highest BCUT2D eigenvalue weighted by Crippen LogP contribution is 2.44. The lowest BCUT2D eigenvalue weighted by Crippen LogP contribution is -2.31. The minimum absolute atomic E-state index is 0.308. The zero-order chi connectivity index (χ0) is 18.5. The van der Waals surface area contributed by atoms with Crippen LogP contribution in [0.5, 0.6) is 0 Å². The van der Waals surface area contributed by atoms with Gasteiger partial charge in [0.2, 0.25) is 0 Å². The minimum Gasteiger partial charge on any atom is -0.386 e. The second kappa shape index (κ2) is 6.59. The van der Waals surface area contributed by atoms with E-state index in [9.17, 15) is 9.50 Å². The third-order valence-corrected chi connectivity index (χ3v) is 6.20. The fourth-order valence-corrected chi connectivity index (χ4v) is 5.05. The van der Waals surface area contributed by atoms with Crippen molar-refractivity contribution in [3.8, 4) is 0 Å². The topological polar surface area (TPSA) is 41.3 Å². The number of nitrogens with zero attached hydrogens (tertiary/aromatic N) is 3. The average molecular weight is 386 g/mol. The van der Waals surface area contributed by atoms with Gasteiger partial charge in [-0.15, -0.1) is 0 Å². The van der Waals surface area contributed by atoms with Gasteiger partial charge in [-0.25, -0.2) is 4.39 Å². The monoisotopic (exact) mass is 385 g/mol. The van der Waals surface area contributed by atoms with Crippen LogP contribution in [0.3, 0.4) is 0 Å². The second-order valence-corrected chi connectivity index (χ2v) is 7.94. The van der Waals surface area contributed by atoms with Gasteiger partial charge in [0.1, 0.15) is 5.82 Å². The number of aliphatic hydroxyl groups is 1. The third-order valence-electron chi connectivity index (χ3n) is 5.98. The lowest BCUT2D eigenvalue weighted by atomic mass is 9.96. The quantitative estimate of drug-likeness (QED) is 0.732. The number of benzene rings is 1. The van der Waals surface area contributed by atoms with Crippen molar-refractivity contribution < 1.29 is 9.50 Å². The summed E-state index contributed by atoms with van der Waals surface area (Å²) < 4.78 is 17.0. The smallest absolute Gasteiger partial charge is 0.148 e. The fourth-order valence-electron chi connectivity index (χ4n) is 4.85. The molecule has 2 unspecified atom stereocenters. The predicted molar refractivity (Wildman–Crippen MR) is 103 cm³/mol. The number of aromatic nitrogens is 2. The summed E-state index contributed by atoms with van der Waals surface area (Å²) in [5.41, 5.74) is 3.63. The SMILES string of the molecule is OC(Cn1c2c(c3cc(Cl)cc(F)c31)C1CCCN1CC2)c1cccnc1. The van der Waals surface area contributed by atoms with Gasteiger partial charge in [-0.05, 0) is 43.1 Å². The van der Waals surface area contributed by atoms with E-state index in [1.54, 1.807) is 18.5 Å². The van der Waals surface area contributed by atoms with Crippen molar-refractivity contribution in [1.82, 2.24) is 14.5 Å². The van der Waals surface area contributed by atoms with Crippen molar-refractivity contribution in [2.24, 2.45) is 0 Å². The van der Waals surface area contributed by atoms with Crippen molar-refractivity contribution in [3.05, 3.63) is 64.3 Å². The molecule has 0 aliphatic carbocycles. The molecule has 0 bridgehead atoms. The van der Waals surface area contributed by atoms with Crippen LogP contribution in [0.4, 0.5) is 4.39 Å². The molecule has 0 saturated carbocycles. The highest BCUT2D eigenvalue weighted by atomic mass is 35.5. The molecule has 1 aromatic carbocycles. The number of halogens is 2. The molecule has 27 heavy (non-hydrogen) atoms. The third kappa shape index (κ3) is 2.76. The van der Waals surface area contributed by atoms with E-state index in [0.29, 0.717) is 23.1 Å². The number of aliphatic hydroxyl groups excluding tert-OH is 1. The van der Waals surface area contributed by atoms with E-state index in [1.165, 1.54) is 11.6 Å². The molecular weight excluding hydrogens is 365 g/mol. The summed E-state index contributed by atoms with van der Waals surface area (Å²) in [5.74, 6) is -0.324. The molecule has 5 rings (SSSR count). The largest absolute Gasteiger partial charge is 0.386 e. The van der Waals surface area contributed by atoms with Crippen molar-refractivity contribution in [2.75, 3.05) is 13.1 Å². The number of hydrogen-bond donors (Lipinski definition) is 1. The number of hydrogen-bond acceptors (Lipinski definition) is 3. The Hall–Kier alpha value is -1.95. The van der Waals surface area contributed by atoms with E-state index >= 15 is 0 Å². The fraction of sp³-hybridized carbons (Fsp3) is 0.381. The van der Waals surface area contributed by atoms with Crippen LogP contribution in [0.15, 0.2) is 36.7 Å². The zero-order valence-electron chi connectivity index (χ0n) is 14.9. The molecule has 1 N–H and O–H groups in total. The van der Waals surface area contributed by atoms with E-state index in [4.69, 9.17) is 11.6 Å². The van der Waals surface area contributed by atoms with Gasteiger partial charge in [0.25, 0.3) is 0 Å². The Kier molecular flexibility index (Phi) is 4.19. The lowest BCUT2D eigenvalue weighted by Gasteiger charge is -2.31. The van der Waals surface area contributed by atoms with Crippen LogP contribution in [-0.4, -0.2) is 32.6 Å². The molecule has 1 saturated heterocycles. The van der Waals surface area contributed by atoms with Crippen LogP contribution >= 0.6 is 11.6 Å². The molecule has 2 aliphatic rings. The molecule has 2 aliphatic heterocycles. The maximum absolute atomic E-state index is 15.0. The van der Waals surface area contributed by atoms with Gasteiger partial charge >= 0.3 is 0 Å². The number of rotatable bonds is 3. The number of pyridine rings is 1. The van der Waals surface area contributed by atoms with Crippen LogP contribution < -0.4 is 0 Å². The molecule has 4 heterocycles. The lowest BCUT2D eigenvalue weighted by molar-refractivity contribution is 0.154. The zero-order valence-corrected chi connectivity index (χ0v) is 15.7. The first-order valence-electron chi connectivity index (χ1n) is 9.45. The Morgan fingerprint density at radius 1 is 1.33 bits per heavy atom. The first-order valence-corrected chi connectivity index (χ1v) is 9.83.